The quantitative estimate of drug-likeness (QED) is 0.448. The molecule has 1 atom stereocenters. The van der Waals surface area contributed by atoms with E-state index in [2.05, 4.69) is 42.5 Å². The molecule has 5 heteroatoms. The fourth-order valence-electron chi connectivity index (χ4n) is 3.38. The van der Waals surface area contributed by atoms with E-state index >= 15 is 0 Å². The predicted octanol–water partition coefficient (Wildman–Crippen LogP) is 2.93. The Balaban J connectivity index is 1.55. The third-order valence-corrected chi connectivity index (χ3v) is 7.73. The van der Waals surface area contributed by atoms with Crippen LogP contribution < -0.4 is 5.32 Å². The highest BCUT2D eigenvalue weighted by Gasteiger charge is 2.13. The number of likely N-dealkylation sites (N-methyl/N-ethyl adjacent to an activating group) is 1. The summed E-state index contributed by atoms with van der Waals surface area (Å²) in [5.41, 5.74) is 2.66. The molecule has 0 bridgehead atoms. The summed E-state index contributed by atoms with van der Waals surface area (Å²) in [4.78, 5) is 14.6. The van der Waals surface area contributed by atoms with Gasteiger partial charge in [-0.25, -0.2) is 0 Å². The van der Waals surface area contributed by atoms with Crippen molar-refractivity contribution in [1.82, 2.24) is 10.2 Å². The van der Waals surface area contributed by atoms with Crippen LogP contribution in [0.1, 0.15) is 11.1 Å². The largest absolute Gasteiger partial charge is 0.508 e. The van der Waals surface area contributed by atoms with Gasteiger partial charge in [-0.2, -0.15) is 0 Å². The van der Waals surface area contributed by atoms with Crippen LogP contribution in [0.4, 0.5) is 0 Å². The van der Waals surface area contributed by atoms with Crippen molar-refractivity contribution in [1.29, 1.82) is 0 Å². The average Bonchev–Trinajstić information content (AvgIpc) is 2.73. The molecular weight excluding hydrogens is 376 g/mol. The van der Waals surface area contributed by atoms with Crippen LogP contribution in [0.15, 0.2) is 72.8 Å². The number of nitrogens with zero attached hydrogens (tertiary/aromatic N) is 1. The topological polar surface area (TPSA) is 52.6 Å². The number of benzene rings is 3. The first-order valence-electron chi connectivity index (χ1n) is 9.91. The molecule has 3 aromatic carbocycles. The van der Waals surface area contributed by atoms with Gasteiger partial charge in [0, 0.05) is 27.8 Å². The van der Waals surface area contributed by atoms with Crippen molar-refractivity contribution in [2.24, 2.45) is 0 Å². The van der Waals surface area contributed by atoms with Crippen LogP contribution in [0, 0.1) is 0 Å². The third kappa shape index (κ3) is 6.04. The van der Waals surface area contributed by atoms with Gasteiger partial charge in [0.05, 0.1) is 0 Å². The number of phenolic OH excluding ortho intramolecular Hbond substituents is 1. The van der Waals surface area contributed by atoms with E-state index in [-0.39, 0.29) is 5.91 Å². The van der Waals surface area contributed by atoms with Gasteiger partial charge in [0.1, 0.15) is 5.75 Å². The molecule has 0 aromatic heterocycles. The number of nitrogens with one attached hydrogen (secondary N) is 1. The number of carbonyl (C=O) groups excluding carboxylic acids is 1. The maximum Gasteiger partial charge on any atom is 0.244 e. The lowest BCUT2D eigenvalue weighted by atomic mass is 10.0. The highest BCUT2D eigenvalue weighted by Crippen LogP contribution is 2.19. The number of amides is 1. The van der Waals surface area contributed by atoms with Crippen molar-refractivity contribution in [3.05, 3.63) is 83.9 Å². The lowest BCUT2D eigenvalue weighted by Gasteiger charge is -2.24. The van der Waals surface area contributed by atoms with Crippen LogP contribution in [-0.4, -0.2) is 51.7 Å². The Kier molecular flexibility index (Phi) is 7.22. The molecule has 2 N–H and O–H groups in total. The standard InChI is InChI=1S/C24H28N2O2Si/c1-26(2)24(29-17-18-10-13-21(27)14-11-18)16-25-23(28)15-12-20-8-5-7-19-6-3-4-9-22(19)20/h3-15,24,27H,16-17,29H2,1-2H3,(H,25,28)/b15-12+/t24-/m0/s1. The number of hydrogen-bond acceptors (Lipinski definition) is 3. The molecule has 0 fully saturated rings. The van der Waals surface area contributed by atoms with Crippen LogP contribution in [0.25, 0.3) is 16.8 Å². The number of hydrogen-bond donors (Lipinski definition) is 2. The van der Waals surface area contributed by atoms with E-state index < -0.39 is 9.52 Å². The van der Waals surface area contributed by atoms with Crippen LogP contribution in [-0.2, 0) is 10.8 Å². The molecule has 0 unspecified atom stereocenters. The summed E-state index contributed by atoms with van der Waals surface area (Å²) < 4.78 is 0. The minimum absolute atomic E-state index is 0.0663. The van der Waals surface area contributed by atoms with E-state index in [9.17, 15) is 9.90 Å². The van der Waals surface area contributed by atoms with E-state index in [1.807, 2.05) is 42.5 Å². The fourth-order valence-corrected chi connectivity index (χ4v) is 5.24. The summed E-state index contributed by atoms with van der Waals surface area (Å²) >= 11 is 0. The first-order valence-corrected chi connectivity index (χ1v) is 11.7. The van der Waals surface area contributed by atoms with Crippen molar-refractivity contribution < 1.29 is 9.90 Å². The highest BCUT2D eigenvalue weighted by atomic mass is 28.2. The van der Waals surface area contributed by atoms with Crippen molar-refractivity contribution in [2.75, 3.05) is 20.6 Å². The van der Waals surface area contributed by atoms with E-state index in [1.54, 1.807) is 18.2 Å². The molecule has 0 spiro atoms. The summed E-state index contributed by atoms with van der Waals surface area (Å²) in [6, 6.07) is 22.7. The molecule has 29 heavy (non-hydrogen) atoms. The van der Waals surface area contributed by atoms with Crippen LogP contribution in [0.5, 0.6) is 5.75 Å². The Morgan fingerprint density at radius 1 is 1.07 bits per heavy atom. The molecule has 0 aliphatic heterocycles. The molecular formula is C24H28N2O2Si. The summed E-state index contributed by atoms with van der Waals surface area (Å²) in [7, 11) is 3.66. The van der Waals surface area contributed by atoms with Gasteiger partial charge in [-0.05, 0) is 54.7 Å². The van der Waals surface area contributed by atoms with Crippen LogP contribution in [0.2, 0.25) is 0 Å². The monoisotopic (exact) mass is 404 g/mol. The van der Waals surface area contributed by atoms with Gasteiger partial charge in [0.2, 0.25) is 5.91 Å². The molecule has 3 aromatic rings. The van der Waals surface area contributed by atoms with Crippen molar-refractivity contribution in [2.45, 2.75) is 11.7 Å². The SMILES string of the molecule is CN(C)[C@H](CNC(=O)/C=C/c1cccc2ccccc12)[SiH2]Cc1ccc(O)cc1. The number of fused-ring (bicyclic) bond motifs is 1. The average molecular weight is 405 g/mol. The van der Waals surface area contributed by atoms with Crippen molar-refractivity contribution >= 4 is 32.3 Å². The van der Waals surface area contributed by atoms with E-state index in [0.717, 1.165) is 17.0 Å². The first-order chi connectivity index (χ1) is 14.0. The van der Waals surface area contributed by atoms with Gasteiger partial charge >= 0.3 is 0 Å². The molecule has 0 heterocycles. The van der Waals surface area contributed by atoms with Crippen molar-refractivity contribution in [3.8, 4) is 5.75 Å². The van der Waals surface area contributed by atoms with Gasteiger partial charge in [0.15, 0.2) is 0 Å². The number of aromatic hydroxyl groups is 1. The second-order valence-electron chi connectivity index (χ2n) is 7.47. The van der Waals surface area contributed by atoms with Gasteiger partial charge in [0.25, 0.3) is 0 Å². The van der Waals surface area contributed by atoms with Crippen LogP contribution in [0.3, 0.4) is 0 Å². The number of rotatable bonds is 8. The molecule has 1 amide bonds. The molecule has 3 rings (SSSR count). The van der Waals surface area contributed by atoms with Gasteiger partial charge < -0.3 is 15.3 Å². The zero-order chi connectivity index (χ0) is 20.6. The van der Waals surface area contributed by atoms with E-state index in [0.29, 0.717) is 18.0 Å². The summed E-state index contributed by atoms with van der Waals surface area (Å²) in [5.74, 6) is 0.230. The molecule has 0 aliphatic rings. The Morgan fingerprint density at radius 2 is 1.79 bits per heavy atom. The number of phenols is 1. The summed E-state index contributed by atoms with van der Waals surface area (Å²) in [5, 5.41) is 14.8. The van der Waals surface area contributed by atoms with E-state index in [4.69, 9.17) is 0 Å². The zero-order valence-corrected chi connectivity index (χ0v) is 18.4. The minimum Gasteiger partial charge on any atom is -0.508 e. The minimum atomic E-state index is -0.463. The Labute approximate surface area is 174 Å². The first kappa shape index (κ1) is 20.8. The van der Waals surface area contributed by atoms with Gasteiger partial charge in [-0.15, -0.1) is 0 Å². The normalized spacial score (nSPS) is 12.9. The highest BCUT2D eigenvalue weighted by molar-refractivity contribution is 6.37. The molecule has 0 radical (unpaired) electrons. The maximum absolute atomic E-state index is 12.4. The molecule has 4 nitrogen and oxygen atoms in total. The second kappa shape index (κ2) is 10.0. The Morgan fingerprint density at radius 3 is 2.55 bits per heavy atom. The van der Waals surface area contributed by atoms with Crippen molar-refractivity contribution in [3.63, 3.8) is 0 Å². The molecule has 0 aliphatic carbocycles. The summed E-state index contributed by atoms with van der Waals surface area (Å²) in [6.07, 6.45) is 3.51. The molecule has 0 saturated carbocycles. The lowest BCUT2D eigenvalue weighted by molar-refractivity contribution is -0.116. The van der Waals surface area contributed by atoms with E-state index in [1.165, 1.54) is 10.9 Å². The third-order valence-electron chi connectivity index (χ3n) is 5.18. The number of carbonyl (C=O) groups is 1. The second-order valence-corrected chi connectivity index (χ2v) is 9.49. The Hall–Kier alpha value is -2.89. The Bertz CT molecular complexity index is 978. The zero-order valence-electron chi connectivity index (χ0n) is 17.0. The smallest absolute Gasteiger partial charge is 0.244 e. The molecule has 0 saturated heterocycles. The van der Waals surface area contributed by atoms with Gasteiger partial charge in [-0.1, -0.05) is 60.2 Å². The molecule has 150 valence electrons. The predicted molar refractivity (Wildman–Crippen MR) is 124 cm³/mol. The summed E-state index contributed by atoms with van der Waals surface area (Å²) in [6.45, 7) is 0.649. The lowest BCUT2D eigenvalue weighted by Crippen LogP contribution is -2.44. The van der Waals surface area contributed by atoms with Gasteiger partial charge in [-0.3, -0.25) is 4.79 Å². The fraction of sp³-hybridized carbons (Fsp3) is 0.208. The maximum atomic E-state index is 12.4. The van der Waals surface area contributed by atoms with Crippen LogP contribution >= 0.6 is 0 Å².